The Bertz CT molecular complexity index is 1660. The minimum atomic E-state index is -4.45. The molecule has 2 aliphatic heterocycles. The van der Waals surface area contributed by atoms with Gasteiger partial charge in [-0.3, -0.25) is 19.5 Å². The van der Waals surface area contributed by atoms with Gasteiger partial charge in [-0.1, -0.05) is 53.5 Å². The predicted molar refractivity (Wildman–Crippen MR) is 163 cm³/mol. The second-order valence-corrected chi connectivity index (χ2v) is 13.6. The van der Waals surface area contributed by atoms with E-state index in [0.717, 1.165) is 9.21 Å². The Morgan fingerprint density at radius 3 is 2.30 bits per heavy atom. The number of piperazine rings is 1. The Hall–Kier alpha value is -3.71. The molecule has 0 radical (unpaired) electrons. The SMILES string of the molecule is CC(C)N1CC2N(C(=O)C(N(Cc3ccccc3)C(=O)O)CN2S(=O)(=O)c2ccc(Cl)cc2Cl)C(Cc2ccncc2)C1=O. The molecule has 3 unspecified atom stereocenters. The van der Waals surface area contributed by atoms with Crippen LogP contribution in [0.5, 0.6) is 0 Å². The lowest BCUT2D eigenvalue weighted by molar-refractivity contribution is -0.171. The van der Waals surface area contributed by atoms with E-state index in [1.165, 1.54) is 23.1 Å². The van der Waals surface area contributed by atoms with Crippen LogP contribution in [-0.4, -0.2) is 92.8 Å². The van der Waals surface area contributed by atoms with Gasteiger partial charge in [0.05, 0.1) is 11.6 Å². The van der Waals surface area contributed by atoms with Crippen molar-refractivity contribution in [3.05, 3.63) is 94.2 Å². The molecule has 0 bridgehead atoms. The Balaban J connectivity index is 1.66. The smallest absolute Gasteiger partial charge is 0.408 e. The molecule has 2 aliphatic rings. The molecule has 3 aromatic rings. The van der Waals surface area contributed by atoms with Crippen LogP contribution in [0.2, 0.25) is 10.0 Å². The number of aromatic nitrogens is 1. The summed E-state index contributed by atoms with van der Waals surface area (Å²) in [7, 11) is -4.45. The van der Waals surface area contributed by atoms with Crippen molar-refractivity contribution < 1.29 is 27.9 Å². The van der Waals surface area contributed by atoms with Crippen molar-refractivity contribution in [3.8, 4) is 0 Å². The van der Waals surface area contributed by atoms with Crippen LogP contribution in [0.15, 0.2) is 78.0 Å². The molecular formula is C30H31Cl2N5O6S. The highest BCUT2D eigenvalue weighted by Crippen LogP contribution is 2.36. The fourth-order valence-electron chi connectivity index (χ4n) is 5.73. The summed E-state index contributed by atoms with van der Waals surface area (Å²) in [6, 6.07) is 13.2. The summed E-state index contributed by atoms with van der Waals surface area (Å²) in [5.74, 6) is -1.02. The van der Waals surface area contributed by atoms with E-state index in [1.807, 2.05) is 13.8 Å². The molecular weight excluding hydrogens is 629 g/mol. The molecule has 0 saturated carbocycles. The normalized spacial score (nSPS) is 21.0. The van der Waals surface area contributed by atoms with Gasteiger partial charge in [0.25, 0.3) is 0 Å². The van der Waals surface area contributed by atoms with E-state index in [1.54, 1.807) is 59.8 Å². The third-order valence-electron chi connectivity index (χ3n) is 7.91. The molecule has 44 heavy (non-hydrogen) atoms. The molecule has 1 N–H and O–H groups in total. The molecule has 2 fully saturated rings. The molecule has 11 nitrogen and oxygen atoms in total. The number of amides is 3. The second-order valence-electron chi connectivity index (χ2n) is 10.9. The van der Waals surface area contributed by atoms with Crippen LogP contribution in [0.1, 0.15) is 25.0 Å². The van der Waals surface area contributed by atoms with Gasteiger partial charge in [0.15, 0.2) is 0 Å². The summed E-state index contributed by atoms with van der Waals surface area (Å²) in [5.41, 5.74) is 1.31. The zero-order valence-corrected chi connectivity index (χ0v) is 26.3. The third kappa shape index (κ3) is 6.12. The summed E-state index contributed by atoms with van der Waals surface area (Å²) < 4.78 is 29.9. The Kier molecular flexibility index (Phi) is 9.17. The molecule has 3 heterocycles. The summed E-state index contributed by atoms with van der Waals surface area (Å²) in [6.07, 6.45) is 0.653. The first-order valence-electron chi connectivity index (χ1n) is 13.9. The maximum Gasteiger partial charge on any atom is 0.408 e. The second kappa shape index (κ2) is 12.7. The lowest BCUT2D eigenvalue weighted by Crippen LogP contribution is -2.76. The van der Waals surface area contributed by atoms with E-state index in [9.17, 15) is 27.9 Å². The summed E-state index contributed by atoms with van der Waals surface area (Å²) in [5, 5.41) is 10.4. The number of hydrogen-bond donors (Lipinski definition) is 1. The summed E-state index contributed by atoms with van der Waals surface area (Å²) in [6.45, 7) is 2.85. The van der Waals surface area contributed by atoms with Crippen LogP contribution >= 0.6 is 23.2 Å². The maximum atomic E-state index is 14.4. The van der Waals surface area contributed by atoms with Gasteiger partial charge in [0, 0.05) is 43.0 Å². The number of carbonyl (C=O) groups excluding carboxylic acids is 2. The molecule has 3 atom stereocenters. The molecule has 232 valence electrons. The molecule has 2 saturated heterocycles. The van der Waals surface area contributed by atoms with E-state index < -0.39 is 46.8 Å². The predicted octanol–water partition coefficient (Wildman–Crippen LogP) is 3.96. The van der Waals surface area contributed by atoms with Gasteiger partial charge in [-0.15, -0.1) is 0 Å². The van der Waals surface area contributed by atoms with Gasteiger partial charge in [0.2, 0.25) is 21.8 Å². The minimum Gasteiger partial charge on any atom is -0.465 e. The van der Waals surface area contributed by atoms with Crippen molar-refractivity contribution >= 4 is 51.1 Å². The number of benzene rings is 2. The molecule has 0 spiro atoms. The fourth-order valence-corrected chi connectivity index (χ4v) is 8.05. The van der Waals surface area contributed by atoms with Crippen LogP contribution in [0.25, 0.3) is 0 Å². The van der Waals surface area contributed by atoms with E-state index in [0.29, 0.717) is 11.1 Å². The van der Waals surface area contributed by atoms with Gasteiger partial charge in [0.1, 0.15) is 23.1 Å². The first kappa shape index (κ1) is 31.7. The average molecular weight is 661 g/mol. The Morgan fingerprint density at radius 2 is 1.68 bits per heavy atom. The molecule has 0 aliphatic carbocycles. The topological polar surface area (TPSA) is 131 Å². The Labute approximate surface area is 265 Å². The third-order valence-corrected chi connectivity index (χ3v) is 10.5. The number of nitrogens with zero attached hydrogens (tertiary/aromatic N) is 5. The van der Waals surface area contributed by atoms with Crippen molar-refractivity contribution in [2.24, 2.45) is 0 Å². The zero-order valence-electron chi connectivity index (χ0n) is 24.0. The zero-order chi connectivity index (χ0) is 31.8. The van der Waals surface area contributed by atoms with Crippen LogP contribution in [0.3, 0.4) is 0 Å². The van der Waals surface area contributed by atoms with E-state index in [2.05, 4.69) is 4.98 Å². The molecule has 2 aromatic carbocycles. The molecule has 5 rings (SSSR count). The van der Waals surface area contributed by atoms with Crippen molar-refractivity contribution in [2.45, 2.75) is 56.0 Å². The van der Waals surface area contributed by atoms with Crippen molar-refractivity contribution in [1.82, 2.24) is 24.0 Å². The molecule has 3 amide bonds. The maximum absolute atomic E-state index is 14.4. The van der Waals surface area contributed by atoms with Crippen molar-refractivity contribution in [2.75, 3.05) is 13.1 Å². The van der Waals surface area contributed by atoms with E-state index >= 15 is 0 Å². The highest BCUT2D eigenvalue weighted by molar-refractivity contribution is 7.89. The first-order chi connectivity index (χ1) is 20.9. The standard InChI is InChI=1S/C30H31Cl2N5O6S/c1-19(2)34-18-27-36(44(42,43)26-9-8-22(31)15-23(26)32)17-25(35(30(40)41)16-21-6-4-3-5-7-21)29(39)37(27)24(28(34)38)14-20-10-12-33-13-11-20/h3-13,15,19,24-25,27H,14,16-18H2,1-2H3,(H,40,41). The number of sulfonamides is 1. The number of rotatable bonds is 8. The average Bonchev–Trinajstić information content (AvgIpc) is 2.98. The summed E-state index contributed by atoms with van der Waals surface area (Å²) in [4.78, 5) is 48.6. The van der Waals surface area contributed by atoms with Crippen LogP contribution < -0.4 is 0 Å². The van der Waals surface area contributed by atoms with E-state index in [-0.39, 0.29) is 46.4 Å². The first-order valence-corrected chi connectivity index (χ1v) is 16.1. The number of hydrogen-bond acceptors (Lipinski definition) is 6. The van der Waals surface area contributed by atoms with Crippen LogP contribution in [-0.2, 0) is 32.6 Å². The van der Waals surface area contributed by atoms with Crippen molar-refractivity contribution in [3.63, 3.8) is 0 Å². The monoisotopic (exact) mass is 659 g/mol. The summed E-state index contributed by atoms with van der Waals surface area (Å²) >= 11 is 12.4. The largest absolute Gasteiger partial charge is 0.465 e. The molecule has 1 aromatic heterocycles. The quantitative estimate of drug-likeness (QED) is 0.387. The van der Waals surface area contributed by atoms with Gasteiger partial charge >= 0.3 is 6.09 Å². The molecule has 14 heteroatoms. The van der Waals surface area contributed by atoms with Gasteiger partial charge in [-0.25, -0.2) is 13.2 Å². The number of halogens is 2. The van der Waals surface area contributed by atoms with Gasteiger partial charge in [-0.05, 0) is 55.3 Å². The van der Waals surface area contributed by atoms with Crippen LogP contribution in [0, 0.1) is 0 Å². The highest BCUT2D eigenvalue weighted by Gasteiger charge is 2.55. The number of pyridine rings is 1. The number of carbonyl (C=O) groups is 3. The minimum absolute atomic E-state index is 0.0703. The van der Waals surface area contributed by atoms with Crippen molar-refractivity contribution in [1.29, 1.82) is 0 Å². The van der Waals surface area contributed by atoms with Gasteiger partial charge in [-0.2, -0.15) is 4.31 Å². The number of fused-ring (bicyclic) bond motifs is 1. The lowest BCUT2D eigenvalue weighted by atomic mass is 9.96. The van der Waals surface area contributed by atoms with Gasteiger partial charge < -0.3 is 14.9 Å². The lowest BCUT2D eigenvalue weighted by Gasteiger charge is -2.55. The number of carboxylic acid groups (broad SMARTS) is 1. The van der Waals surface area contributed by atoms with Crippen LogP contribution in [0.4, 0.5) is 4.79 Å². The highest BCUT2D eigenvalue weighted by atomic mass is 35.5. The Morgan fingerprint density at radius 1 is 1.00 bits per heavy atom. The fraction of sp³-hybridized carbons (Fsp3) is 0.333. The van der Waals surface area contributed by atoms with E-state index in [4.69, 9.17) is 23.2 Å².